The molecule has 6 nitrogen and oxygen atoms in total. The van der Waals surface area contributed by atoms with Crippen LogP contribution in [0.15, 0.2) is 36.4 Å². The minimum Gasteiger partial charge on any atom is -0.505 e. The summed E-state index contributed by atoms with van der Waals surface area (Å²) in [5, 5.41) is 22.3. The summed E-state index contributed by atoms with van der Waals surface area (Å²) in [6, 6.07) is 11.2. The second-order valence-corrected chi connectivity index (χ2v) is 14.8. The van der Waals surface area contributed by atoms with Crippen molar-refractivity contribution in [3.05, 3.63) is 58.7 Å². The molecule has 3 aromatic carbocycles. The van der Waals surface area contributed by atoms with Gasteiger partial charge in [-0.3, -0.25) is 0 Å². The summed E-state index contributed by atoms with van der Waals surface area (Å²) in [5.41, 5.74) is 15.0. The number of ether oxygens (including phenoxy) is 2. The van der Waals surface area contributed by atoms with Crippen LogP contribution in [0, 0.1) is 0 Å². The van der Waals surface area contributed by atoms with Crippen molar-refractivity contribution < 1.29 is 19.7 Å². The first-order valence-corrected chi connectivity index (χ1v) is 13.8. The molecule has 0 spiro atoms. The van der Waals surface area contributed by atoms with Crippen molar-refractivity contribution in [3.8, 4) is 34.5 Å². The zero-order valence-corrected chi connectivity index (χ0v) is 26.3. The minimum absolute atomic E-state index is 0.0456. The molecule has 3 rings (SSSR count). The third-order valence-electron chi connectivity index (χ3n) is 6.98. The van der Waals surface area contributed by atoms with Crippen LogP contribution < -0.4 is 20.9 Å². The van der Waals surface area contributed by atoms with Gasteiger partial charge in [-0.25, -0.2) is 0 Å². The van der Waals surface area contributed by atoms with Gasteiger partial charge in [0.1, 0.15) is 34.5 Å². The molecule has 218 valence electrons. The molecule has 0 saturated heterocycles. The highest BCUT2D eigenvalue weighted by atomic mass is 16.5. The molecule has 0 heterocycles. The smallest absolute Gasteiger partial charge is 0.146 e. The van der Waals surface area contributed by atoms with E-state index >= 15 is 0 Å². The molecule has 0 aromatic heterocycles. The lowest BCUT2D eigenvalue weighted by atomic mass is 9.79. The van der Waals surface area contributed by atoms with E-state index in [0.717, 1.165) is 11.1 Å². The molecular weight excluding hydrogens is 500 g/mol. The zero-order valence-electron chi connectivity index (χ0n) is 26.3. The highest BCUT2D eigenvalue weighted by Gasteiger charge is 2.32. The largest absolute Gasteiger partial charge is 0.505 e. The molecule has 0 aliphatic rings. The summed E-state index contributed by atoms with van der Waals surface area (Å²) >= 11 is 0. The summed E-state index contributed by atoms with van der Waals surface area (Å²) in [5.74, 6) is 2.25. The number of hydrogen-bond donors (Lipinski definition) is 4. The normalized spacial score (nSPS) is 12.9. The predicted molar refractivity (Wildman–Crippen MR) is 166 cm³/mol. The van der Waals surface area contributed by atoms with E-state index in [2.05, 4.69) is 0 Å². The molecule has 3 aromatic rings. The molecule has 0 fully saturated rings. The molecule has 0 saturated carbocycles. The van der Waals surface area contributed by atoms with Gasteiger partial charge in [0.25, 0.3) is 0 Å². The van der Waals surface area contributed by atoms with Gasteiger partial charge >= 0.3 is 0 Å². The monoisotopic (exact) mass is 548 g/mol. The number of phenols is 2. The lowest BCUT2D eigenvalue weighted by Crippen LogP contribution is -2.19. The Bertz CT molecular complexity index is 1310. The number of phenolic OH excluding ortho intramolecular Hbond substituents is 2. The Morgan fingerprint density at radius 2 is 0.850 bits per heavy atom. The Hall–Kier alpha value is -3.54. The number of rotatable bonds is 4. The summed E-state index contributed by atoms with van der Waals surface area (Å²) in [4.78, 5) is 0. The third-order valence-corrected chi connectivity index (χ3v) is 6.98. The van der Waals surface area contributed by atoms with Crippen molar-refractivity contribution in [2.75, 3.05) is 11.5 Å². The van der Waals surface area contributed by atoms with Crippen LogP contribution >= 0.6 is 0 Å². The Morgan fingerprint density at radius 3 is 1.12 bits per heavy atom. The highest BCUT2D eigenvalue weighted by molar-refractivity contribution is 5.70. The molecule has 0 unspecified atom stereocenters. The molecule has 0 amide bonds. The van der Waals surface area contributed by atoms with E-state index in [1.165, 1.54) is 0 Å². The second kappa shape index (κ2) is 10.1. The topological polar surface area (TPSA) is 111 Å². The van der Waals surface area contributed by atoms with Crippen LogP contribution in [-0.4, -0.2) is 10.2 Å². The van der Waals surface area contributed by atoms with Crippen LogP contribution in [0.2, 0.25) is 0 Å². The van der Waals surface area contributed by atoms with Crippen LogP contribution in [0.1, 0.15) is 105 Å². The molecule has 0 aliphatic heterocycles. The molecule has 40 heavy (non-hydrogen) atoms. The highest BCUT2D eigenvalue weighted by Crippen LogP contribution is 2.49. The summed E-state index contributed by atoms with van der Waals surface area (Å²) < 4.78 is 12.9. The number of nitrogen functional groups attached to an aromatic ring is 2. The van der Waals surface area contributed by atoms with Gasteiger partial charge in [0.2, 0.25) is 0 Å². The van der Waals surface area contributed by atoms with Crippen LogP contribution in [0.25, 0.3) is 0 Å². The molecule has 0 atom stereocenters. The van der Waals surface area contributed by atoms with Gasteiger partial charge in [0.05, 0.1) is 11.4 Å². The molecular formula is C34H48N2O4. The molecule has 6 N–H and O–H groups in total. The van der Waals surface area contributed by atoms with Crippen LogP contribution in [0.4, 0.5) is 11.4 Å². The minimum atomic E-state index is -0.426. The fourth-order valence-corrected chi connectivity index (χ4v) is 5.03. The lowest BCUT2D eigenvalue weighted by Gasteiger charge is -2.30. The van der Waals surface area contributed by atoms with E-state index in [4.69, 9.17) is 20.9 Å². The summed E-state index contributed by atoms with van der Waals surface area (Å²) in [6.45, 7) is 24.4. The van der Waals surface area contributed by atoms with E-state index < -0.39 is 10.8 Å². The van der Waals surface area contributed by atoms with Gasteiger partial charge in [0.15, 0.2) is 0 Å². The molecule has 0 aliphatic carbocycles. The maximum atomic E-state index is 11.2. The van der Waals surface area contributed by atoms with Crippen LogP contribution in [-0.2, 0) is 21.7 Å². The molecule has 0 radical (unpaired) electrons. The fraction of sp³-hybridized carbons (Fsp3) is 0.471. The van der Waals surface area contributed by atoms with Crippen molar-refractivity contribution in [2.45, 2.75) is 105 Å². The van der Waals surface area contributed by atoms with Crippen molar-refractivity contribution in [2.24, 2.45) is 0 Å². The number of nitrogens with two attached hydrogens (primary N) is 2. The molecule has 6 heteroatoms. The van der Waals surface area contributed by atoms with Crippen molar-refractivity contribution in [1.29, 1.82) is 0 Å². The summed E-state index contributed by atoms with van der Waals surface area (Å²) in [6.07, 6.45) is 0. The number of hydrogen-bond acceptors (Lipinski definition) is 6. The Kier molecular flexibility index (Phi) is 7.85. The van der Waals surface area contributed by atoms with Crippen molar-refractivity contribution >= 4 is 11.4 Å². The standard InChI is InChI=1S/C34H48N2O4/c1-31(2,3)21-17-23(25(33(7,8)9)29(37)27(21)35)39-19-14-13-15-20(16-19)40-24-18-22(32(4,5)6)28(36)30(38)26(24)34(10,11)12/h13-18,37-38H,35-36H2,1-12H3. The molecule has 0 bridgehead atoms. The number of benzene rings is 3. The maximum Gasteiger partial charge on any atom is 0.146 e. The van der Waals surface area contributed by atoms with Crippen LogP contribution in [0.3, 0.4) is 0 Å². The lowest BCUT2D eigenvalue weighted by molar-refractivity contribution is 0.406. The number of anilines is 2. The quantitative estimate of drug-likeness (QED) is 0.191. The van der Waals surface area contributed by atoms with Gasteiger partial charge < -0.3 is 31.2 Å². The van der Waals surface area contributed by atoms with Gasteiger partial charge in [-0.05, 0) is 57.1 Å². The summed E-state index contributed by atoms with van der Waals surface area (Å²) in [7, 11) is 0. The van der Waals surface area contributed by atoms with E-state index in [0.29, 0.717) is 45.5 Å². The fourth-order valence-electron chi connectivity index (χ4n) is 5.03. The Morgan fingerprint density at radius 1 is 0.525 bits per heavy atom. The van der Waals surface area contributed by atoms with E-state index in [9.17, 15) is 10.2 Å². The average molecular weight is 549 g/mol. The first kappa shape index (κ1) is 31.0. The first-order chi connectivity index (χ1) is 18.0. The van der Waals surface area contributed by atoms with Crippen LogP contribution in [0.5, 0.6) is 34.5 Å². The Labute approximate surface area is 240 Å². The van der Waals surface area contributed by atoms with E-state index in [-0.39, 0.29) is 22.3 Å². The van der Waals surface area contributed by atoms with Crippen molar-refractivity contribution in [1.82, 2.24) is 0 Å². The van der Waals surface area contributed by atoms with Crippen molar-refractivity contribution in [3.63, 3.8) is 0 Å². The predicted octanol–water partition coefficient (Wildman–Crippen LogP) is 9.04. The number of aromatic hydroxyl groups is 2. The average Bonchev–Trinajstić information content (AvgIpc) is 2.75. The zero-order chi connectivity index (χ0) is 30.6. The third kappa shape index (κ3) is 6.27. The van der Waals surface area contributed by atoms with E-state index in [1.54, 1.807) is 6.07 Å². The first-order valence-electron chi connectivity index (χ1n) is 13.8. The van der Waals surface area contributed by atoms with Gasteiger partial charge in [-0.1, -0.05) is 89.2 Å². The van der Waals surface area contributed by atoms with Gasteiger partial charge in [-0.15, -0.1) is 0 Å². The van der Waals surface area contributed by atoms with Gasteiger partial charge in [-0.2, -0.15) is 0 Å². The Balaban J connectivity index is 2.14. The maximum absolute atomic E-state index is 11.2. The van der Waals surface area contributed by atoms with Gasteiger partial charge in [0, 0.05) is 17.2 Å². The second-order valence-electron chi connectivity index (χ2n) is 14.8. The van der Waals surface area contributed by atoms with E-state index in [1.807, 2.05) is 113 Å². The SMILES string of the molecule is CC(C)(C)c1cc(Oc2cccc(Oc3cc(C(C)(C)C)c(N)c(O)c3C(C)(C)C)c2)c(C(C)(C)C)c(O)c1N.